The molecule has 0 spiro atoms. The number of ether oxygens (including phenoxy) is 1. The van der Waals surface area contributed by atoms with Crippen LogP contribution in [0.3, 0.4) is 0 Å². The van der Waals surface area contributed by atoms with Crippen molar-refractivity contribution in [3.8, 4) is 5.75 Å². The minimum atomic E-state index is -0.375. The number of carbonyl (C=O) groups is 2. The summed E-state index contributed by atoms with van der Waals surface area (Å²) in [7, 11) is 0. The minimum absolute atomic E-state index is 0.267. The zero-order chi connectivity index (χ0) is 21.8. The van der Waals surface area contributed by atoms with E-state index >= 15 is 0 Å². The van der Waals surface area contributed by atoms with Crippen LogP contribution in [0, 0.1) is 6.92 Å². The van der Waals surface area contributed by atoms with Gasteiger partial charge in [0.15, 0.2) is 0 Å². The predicted octanol–water partition coefficient (Wildman–Crippen LogP) is 5.38. The van der Waals surface area contributed by atoms with Gasteiger partial charge in [0.1, 0.15) is 16.4 Å². The van der Waals surface area contributed by atoms with E-state index in [0.29, 0.717) is 22.9 Å². The van der Waals surface area contributed by atoms with Gasteiger partial charge in [0.25, 0.3) is 11.8 Å². The Labute approximate surface area is 185 Å². The van der Waals surface area contributed by atoms with Crippen molar-refractivity contribution in [2.24, 2.45) is 0 Å². The lowest BCUT2D eigenvalue weighted by atomic mass is 10.2. The number of thioether (sulfide) groups is 1. The lowest BCUT2D eigenvalue weighted by molar-refractivity contribution is -0.120. The van der Waals surface area contributed by atoms with Crippen molar-refractivity contribution >= 4 is 35.0 Å². The molecule has 1 N–H and O–H groups in total. The van der Waals surface area contributed by atoms with Gasteiger partial charge in [-0.15, -0.1) is 0 Å². The molecular weight excluding hydrogens is 408 g/mol. The molecule has 6 heteroatoms. The molecule has 1 aliphatic heterocycles. The van der Waals surface area contributed by atoms with Gasteiger partial charge in [-0.2, -0.15) is 0 Å². The lowest BCUT2D eigenvalue weighted by Crippen LogP contribution is -2.32. The SMILES string of the molecule is CCOc1ccc(NC2=C(Sc3ccc(C)cc3)C(=O)N(c3ccccc3)C2=O)cc1. The molecule has 0 aromatic heterocycles. The van der Waals surface area contributed by atoms with Gasteiger partial charge in [0.2, 0.25) is 0 Å². The Morgan fingerprint density at radius 1 is 0.871 bits per heavy atom. The van der Waals surface area contributed by atoms with Crippen molar-refractivity contribution in [3.63, 3.8) is 0 Å². The van der Waals surface area contributed by atoms with E-state index in [-0.39, 0.29) is 17.5 Å². The molecule has 3 aromatic carbocycles. The summed E-state index contributed by atoms with van der Waals surface area (Å²) in [5, 5.41) is 3.16. The van der Waals surface area contributed by atoms with Crippen LogP contribution in [-0.4, -0.2) is 18.4 Å². The van der Waals surface area contributed by atoms with Gasteiger partial charge < -0.3 is 10.1 Å². The number of nitrogens with one attached hydrogen (secondary N) is 1. The average Bonchev–Trinajstić information content (AvgIpc) is 3.01. The Morgan fingerprint density at radius 3 is 2.19 bits per heavy atom. The highest BCUT2D eigenvalue weighted by molar-refractivity contribution is 8.04. The summed E-state index contributed by atoms with van der Waals surface area (Å²) in [6.45, 7) is 4.51. The topological polar surface area (TPSA) is 58.6 Å². The second-order valence-electron chi connectivity index (χ2n) is 6.98. The number of rotatable bonds is 7. The van der Waals surface area contributed by atoms with Crippen molar-refractivity contribution in [3.05, 3.63) is 95.0 Å². The fourth-order valence-electron chi connectivity index (χ4n) is 3.20. The summed E-state index contributed by atoms with van der Waals surface area (Å²) in [5.41, 5.74) is 2.65. The van der Waals surface area contributed by atoms with Crippen LogP contribution in [0.5, 0.6) is 5.75 Å². The number of anilines is 2. The molecule has 0 unspecified atom stereocenters. The molecule has 4 rings (SSSR count). The van der Waals surface area contributed by atoms with E-state index in [9.17, 15) is 9.59 Å². The second-order valence-corrected chi connectivity index (χ2v) is 8.07. The van der Waals surface area contributed by atoms with Crippen LogP contribution in [0.2, 0.25) is 0 Å². The van der Waals surface area contributed by atoms with E-state index < -0.39 is 0 Å². The van der Waals surface area contributed by atoms with Gasteiger partial charge in [0, 0.05) is 10.6 Å². The normalized spacial score (nSPS) is 13.7. The van der Waals surface area contributed by atoms with Gasteiger partial charge in [-0.1, -0.05) is 47.7 Å². The highest BCUT2D eigenvalue weighted by atomic mass is 32.2. The van der Waals surface area contributed by atoms with Crippen molar-refractivity contribution in [2.45, 2.75) is 18.7 Å². The first-order valence-electron chi connectivity index (χ1n) is 9.99. The van der Waals surface area contributed by atoms with Gasteiger partial charge in [-0.05, 0) is 62.4 Å². The quantitative estimate of drug-likeness (QED) is 0.510. The Morgan fingerprint density at radius 2 is 1.55 bits per heavy atom. The molecule has 0 bridgehead atoms. The van der Waals surface area contributed by atoms with E-state index in [1.807, 2.05) is 68.4 Å². The number of hydrogen-bond acceptors (Lipinski definition) is 5. The second kappa shape index (κ2) is 9.10. The fraction of sp³-hybridized carbons (Fsp3) is 0.120. The van der Waals surface area contributed by atoms with Crippen LogP contribution in [0.1, 0.15) is 12.5 Å². The van der Waals surface area contributed by atoms with Crippen LogP contribution >= 0.6 is 11.8 Å². The van der Waals surface area contributed by atoms with Crippen molar-refractivity contribution in [2.75, 3.05) is 16.8 Å². The first-order chi connectivity index (χ1) is 15.1. The molecule has 0 atom stereocenters. The maximum absolute atomic E-state index is 13.3. The Kier molecular flexibility index (Phi) is 6.09. The third kappa shape index (κ3) is 4.49. The number of benzene rings is 3. The molecule has 0 saturated heterocycles. The molecule has 3 aromatic rings. The summed E-state index contributed by atoms with van der Waals surface area (Å²) >= 11 is 1.29. The Bertz CT molecular complexity index is 1120. The van der Waals surface area contributed by atoms with Crippen molar-refractivity contribution < 1.29 is 14.3 Å². The summed E-state index contributed by atoms with van der Waals surface area (Å²) in [6.07, 6.45) is 0. The standard InChI is InChI=1S/C25H22N2O3S/c1-3-30-20-13-11-18(12-14-20)26-22-23(31-21-15-9-17(2)10-16-21)25(29)27(24(22)28)19-7-5-4-6-8-19/h4-16,26H,3H2,1-2H3. The number of nitrogens with zero attached hydrogens (tertiary/aromatic N) is 1. The van der Waals surface area contributed by atoms with Crippen LogP contribution in [0.4, 0.5) is 11.4 Å². The molecular formula is C25H22N2O3S. The largest absolute Gasteiger partial charge is 0.494 e. The maximum atomic E-state index is 13.3. The monoisotopic (exact) mass is 430 g/mol. The van der Waals surface area contributed by atoms with Crippen LogP contribution in [0.25, 0.3) is 0 Å². The van der Waals surface area contributed by atoms with Gasteiger partial charge in [-0.25, -0.2) is 4.90 Å². The van der Waals surface area contributed by atoms with Gasteiger partial charge >= 0.3 is 0 Å². The summed E-state index contributed by atoms with van der Waals surface area (Å²) in [6, 6.07) is 24.2. The highest BCUT2D eigenvalue weighted by Gasteiger charge is 2.40. The van der Waals surface area contributed by atoms with Gasteiger partial charge in [0.05, 0.1) is 12.3 Å². The number of amides is 2. The Balaban J connectivity index is 1.69. The number of hydrogen-bond donors (Lipinski definition) is 1. The van der Waals surface area contributed by atoms with E-state index in [1.54, 1.807) is 24.3 Å². The molecule has 0 saturated carbocycles. The molecule has 0 aliphatic carbocycles. The first kappa shape index (κ1) is 20.8. The molecule has 5 nitrogen and oxygen atoms in total. The van der Waals surface area contributed by atoms with Crippen molar-refractivity contribution in [1.82, 2.24) is 0 Å². The van der Waals surface area contributed by atoms with Gasteiger partial charge in [-0.3, -0.25) is 9.59 Å². The third-order valence-electron chi connectivity index (χ3n) is 4.73. The minimum Gasteiger partial charge on any atom is -0.494 e. The molecule has 0 radical (unpaired) electrons. The molecule has 156 valence electrons. The first-order valence-corrected chi connectivity index (χ1v) is 10.8. The molecule has 1 heterocycles. The highest BCUT2D eigenvalue weighted by Crippen LogP contribution is 2.38. The summed E-state index contributed by atoms with van der Waals surface area (Å²) in [4.78, 5) is 29.1. The number of carbonyl (C=O) groups excluding carboxylic acids is 2. The molecule has 2 amide bonds. The van der Waals surface area contributed by atoms with E-state index in [2.05, 4.69) is 5.32 Å². The predicted molar refractivity (Wildman–Crippen MR) is 124 cm³/mol. The van der Waals surface area contributed by atoms with E-state index in [1.165, 1.54) is 16.7 Å². The number of aryl methyl sites for hydroxylation is 1. The van der Waals surface area contributed by atoms with Crippen LogP contribution in [0.15, 0.2) is 94.4 Å². The molecule has 31 heavy (non-hydrogen) atoms. The van der Waals surface area contributed by atoms with E-state index in [4.69, 9.17) is 4.74 Å². The Hall–Kier alpha value is -3.51. The zero-order valence-corrected chi connectivity index (χ0v) is 18.1. The fourth-order valence-corrected chi connectivity index (χ4v) is 4.12. The maximum Gasteiger partial charge on any atom is 0.283 e. The summed E-state index contributed by atoms with van der Waals surface area (Å²) < 4.78 is 5.48. The lowest BCUT2D eigenvalue weighted by Gasteiger charge is -2.15. The van der Waals surface area contributed by atoms with Crippen molar-refractivity contribution in [1.29, 1.82) is 0 Å². The third-order valence-corrected chi connectivity index (χ3v) is 5.82. The number of para-hydroxylation sites is 1. The average molecular weight is 431 g/mol. The van der Waals surface area contributed by atoms with Crippen LogP contribution < -0.4 is 15.0 Å². The van der Waals surface area contributed by atoms with Crippen LogP contribution in [-0.2, 0) is 9.59 Å². The molecule has 1 aliphatic rings. The van der Waals surface area contributed by atoms with E-state index in [0.717, 1.165) is 16.2 Å². The number of imide groups is 1. The molecule has 0 fully saturated rings. The smallest absolute Gasteiger partial charge is 0.283 e. The summed E-state index contributed by atoms with van der Waals surface area (Å²) in [5.74, 6) is 0.0333. The zero-order valence-electron chi connectivity index (χ0n) is 17.3.